The Labute approximate surface area is 155 Å². The van der Waals surface area contributed by atoms with E-state index in [0.717, 1.165) is 44.4 Å². The lowest BCUT2D eigenvalue weighted by Gasteiger charge is -2.22. The summed E-state index contributed by atoms with van der Waals surface area (Å²) in [5, 5.41) is 0. The molecule has 1 heterocycles. The van der Waals surface area contributed by atoms with Gasteiger partial charge in [0.25, 0.3) is 5.91 Å². The van der Waals surface area contributed by atoms with E-state index in [9.17, 15) is 9.59 Å². The number of ether oxygens (including phenoxy) is 1. The lowest BCUT2D eigenvalue weighted by atomic mass is 10.2. The van der Waals surface area contributed by atoms with Gasteiger partial charge < -0.3 is 14.5 Å². The molecule has 3 aliphatic rings. The molecule has 26 heavy (non-hydrogen) atoms. The van der Waals surface area contributed by atoms with Crippen LogP contribution < -0.4 is 4.74 Å². The van der Waals surface area contributed by atoms with E-state index >= 15 is 0 Å². The lowest BCUT2D eigenvalue weighted by Crippen LogP contribution is -2.37. The van der Waals surface area contributed by atoms with Crippen molar-refractivity contribution >= 4 is 11.8 Å². The Morgan fingerprint density at radius 1 is 0.808 bits per heavy atom. The largest absolute Gasteiger partial charge is 0.490 e. The van der Waals surface area contributed by atoms with Gasteiger partial charge in [-0.25, -0.2) is 0 Å². The van der Waals surface area contributed by atoms with E-state index in [1.165, 1.54) is 12.8 Å². The molecular formula is C21H28N2O3. The molecule has 3 fully saturated rings. The van der Waals surface area contributed by atoms with Crippen molar-refractivity contribution in [1.29, 1.82) is 0 Å². The zero-order chi connectivity index (χ0) is 17.9. The van der Waals surface area contributed by atoms with Crippen LogP contribution in [-0.4, -0.2) is 53.9 Å². The SMILES string of the molecule is O=C(c1ccc(OC2CCCC2)cc1)N1CCCN(C(=O)C2CC2)CC1. The number of benzene rings is 1. The highest BCUT2D eigenvalue weighted by Crippen LogP contribution is 2.31. The number of rotatable bonds is 4. The molecule has 0 spiro atoms. The molecule has 0 aromatic heterocycles. The van der Waals surface area contributed by atoms with E-state index in [1.54, 1.807) is 0 Å². The minimum atomic E-state index is 0.0538. The lowest BCUT2D eigenvalue weighted by molar-refractivity contribution is -0.132. The Balaban J connectivity index is 1.33. The number of nitrogens with zero attached hydrogens (tertiary/aromatic N) is 2. The molecule has 4 rings (SSSR count). The van der Waals surface area contributed by atoms with Crippen LogP contribution in [0.1, 0.15) is 55.3 Å². The first-order valence-corrected chi connectivity index (χ1v) is 10.1. The van der Waals surface area contributed by atoms with Crippen LogP contribution in [0.4, 0.5) is 0 Å². The fraction of sp³-hybridized carbons (Fsp3) is 0.619. The second-order valence-corrected chi connectivity index (χ2v) is 7.79. The summed E-state index contributed by atoms with van der Waals surface area (Å²) in [6.07, 6.45) is 8.01. The minimum absolute atomic E-state index is 0.0538. The number of carbonyl (C=O) groups is 2. The van der Waals surface area contributed by atoms with Gasteiger partial charge in [0.05, 0.1) is 6.10 Å². The van der Waals surface area contributed by atoms with Crippen LogP contribution in [0.5, 0.6) is 5.75 Å². The summed E-state index contributed by atoms with van der Waals surface area (Å²) in [4.78, 5) is 28.9. The van der Waals surface area contributed by atoms with E-state index in [0.29, 0.717) is 31.3 Å². The Morgan fingerprint density at radius 2 is 1.46 bits per heavy atom. The molecule has 0 atom stereocenters. The maximum Gasteiger partial charge on any atom is 0.253 e. The normalized spacial score (nSPS) is 21.5. The van der Waals surface area contributed by atoms with Gasteiger partial charge in [0.15, 0.2) is 0 Å². The van der Waals surface area contributed by atoms with Gasteiger partial charge in [-0.15, -0.1) is 0 Å². The van der Waals surface area contributed by atoms with Gasteiger partial charge >= 0.3 is 0 Å². The molecule has 1 aliphatic heterocycles. The number of hydrogen-bond acceptors (Lipinski definition) is 3. The van der Waals surface area contributed by atoms with Crippen LogP contribution >= 0.6 is 0 Å². The molecule has 5 heteroatoms. The van der Waals surface area contributed by atoms with Gasteiger partial charge in [0, 0.05) is 37.7 Å². The molecule has 5 nitrogen and oxygen atoms in total. The van der Waals surface area contributed by atoms with Gasteiger partial charge in [-0.05, 0) is 69.2 Å². The predicted octanol–water partition coefficient (Wildman–Crippen LogP) is 3.09. The summed E-state index contributed by atoms with van der Waals surface area (Å²) in [7, 11) is 0. The van der Waals surface area contributed by atoms with Crippen LogP contribution in [0.3, 0.4) is 0 Å². The highest BCUT2D eigenvalue weighted by molar-refractivity contribution is 5.94. The van der Waals surface area contributed by atoms with Crippen molar-refractivity contribution in [2.45, 2.75) is 51.0 Å². The molecule has 2 amide bonds. The maximum absolute atomic E-state index is 12.8. The third-order valence-electron chi connectivity index (χ3n) is 5.73. The van der Waals surface area contributed by atoms with Crippen molar-refractivity contribution in [3.8, 4) is 5.75 Å². The molecule has 2 saturated carbocycles. The van der Waals surface area contributed by atoms with Crippen molar-refractivity contribution < 1.29 is 14.3 Å². The van der Waals surface area contributed by atoms with Crippen LogP contribution in [0.2, 0.25) is 0 Å². The average molecular weight is 356 g/mol. The summed E-state index contributed by atoms with van der Waals surface area (Å²) in [6.45, 7) is 2.77. The summed E-state index contributed by atoms with van der Waals surface area (Å²) >= 11 is 0. The minimum Gasteiger partial charge on any atom is -0.490 e. The molecule has 0 unspecified atom stereocenters. The Kier molecular flexibility index (Phi) is 5.14. The fourth-order valence-corrected chi connectivity index (χ4v) is 3.99. The van der Waals surface area contributed by atoms with Crippen LogP contribution in [0.25, 0.3) is 0 Å². The van der Waals surface area contributed by atoms with Gasteiger partial charge in [-0.1, -0.05) is 0 Å². The standard InChI is InChI=1S/C21H28N2O3/c24-20(16-6-7-16)22-12-3-13-23(15-14-22)21(25)17-8-10-19(11-9-17)26-18-4-1-2-5-18/h8-11,16,18H,1-7,12-15H2. The van der Waals surface area contributed by atoms with E-state index in [4.69, 9.17) is 4.74 Å². The Bertz CT molecular complexity index is 648. The third kappa shape index (κ3) is 4.02. The Hall–Kier alpha value is -2.04. The van der Waals surface area contributed by atoms with Crippen molar-refractivity contribution in [2.75, 3.05) is 26.2 Å². The monoisotopic (exact) mass is 356 g/mol. The van der Waals surface area contributed by atoms with Gasteiger partial charge in [0.2, 0.25) is 5.91 Å². The summed E-state index contributed by atoms with van der Waals surface area (Å²) < 4.78 is 5.98. The summed E-state index contributed by atoms with van der Waals surface area (Å²) in [5.41, 5.74) is 0.700. The zero-order valence-electron chi connectivity index (χ0n) is 15.4. The number of amides is 2. The van der Waals surface area contributed by atoms with Crippen LogP contribution in [0.15, 0.2) is 24.3 Å². The molecule has 0 radical (unpaired) electrons. The average Bonchev–Trinajstić information content (AvgIpc) is 3.44. The first-order chi connectivity index (χ1) is 12.7. The smallest absolute Gasteiger partial charge is 0.253 e. The predicted molar refractivity (Wildman–Crippen MR) is 99.2 cm³/mol. The van der Waals surface area contributed by atoms with Crippen LogP contribution in [0, 0.1) is 5.92 Å². The second-order valence-electron chi connectivity index (χ2n) is 7.79. The fourth-order valence-electron chi connectivity index (χ4n) is 3.99. The number of carbonyl (C=O) groups excluding carboxylic acids is 2. The van der Waals surface area contributed by atoms with E-state index in [2.05, 4.69) is 0 Å². The zero-order valence-corrected chi connectivity index (χ0v) is 15.4. The Morgan fingerprint density at radius 3 is 2.15 bits per heavy atom. The highest BCUT2D eigenvalue weighted by atomic mass is 16.5. The molecule has 0 N–H and O–H groups in total. The molecule has 0 bridgehead atoms. The van der Waals surface area contributed by atoms with E-state index in [1.807, 2.05) is 34.1 Å². The van der Waals surface area contributed by atoms with E-state index in [-0.39, 0.29) is 17.7 Å². The topological polar surface area (TPSA) is 49.9 Å². The molecular weight excluding hydrogens is 328 g/mol. The van der Waals surface area contributed by atoms with Crippen molar-refractivity contribution in [1.82, 2.24) is 9.80 Å². The molecule has 1 saturated heterocycles. The first-order valence-electron chi connectivity index (χ1n) is 10.1. The number of hydrogen-bond donors (Lipinski definition) is 0. The maximum atomic E-state index is 12.8. The first kappa shape index (κ1) is 17.4. The summed E-state index contributed by atoms with van der Waals surface area (Å²) in [5.74, 6) is 1.45. The highest BCUT2D eigenvalue weighted by Gasteiger charge is 2.34. The molecule has 1 aromatic carbocycles. The molecule has 1 aromatic rings. The van der Waals surface area contributed by atoms with Crippen molar-refractivity contribution in [2.24, 2.45) is 5.92 Å². The van der Waals surface area contributed by atoms with Crippen molar-refractivity contribution in [3.05, 3.63) is 29.8 Å². The van der Waals surface area contributed by atoms with Crippen molar-refractivity contribution in [3.63, 3.8) is 0 Å². The second kappa shape index (κ2) is 7.68. The van der Waals surface area contributed by atoms with Gasteiger partial charge in [-0.3, -0.25) is 9.59 Å². The summed E-state index contributed by atoms with van der Waals surface area (Å²) in [6, 6.07) is 7.55. The van der Waals surface area contributed by atoms with E-state index < -0.39 is 0 Å². The van der Waals surface area contributed by atoms with Crippen LogP contribution in [-0.2, 0) is 4.79 Å². The van der Waals surface area contributed by atoms with Gasteiger partial charge in [0.1, 0.15) is 5.75 Å². The van der Waals surface area contributed by atoms with Gasteiger partial charge in [-0.2, -0.15) is 0 Å². The molecule has 140 valence electrons. The third-order valence-corrected chi connectivity index (χ3v) is 5.73. The quantitative estimate of drug-likeness (QED) is 0.833. The molecule has 2 aliphatic carbocycles.